The quantitative estimate of drug-likeness (QED) is 0.860. The monoisotopic (exact) mass is 349 g/mol. The van der Waals surface area contributed by atoms with E-state index < -0.39 is 17.8 Å². The van der Waals surface area contributed by atoms with E-state index in [0.717, 1.165) is 17.0 Å². The van der Waals surface area contributed by atoms with Crippen LogP contribution in [0.15, 0.2) is 54.6 Å². The van der Waals surface area contributed by atoms with Gasteiger partial charge in [-0.15, -0.1) is 0 Å². The Morgan fingerprint density at radius 3 is 2.44 bits per heavy atom. The highest BCUT2D eigenvalue weighted by molar-refractivity contribution is 6.21. The molecular formula is C18H16F3N2O2+. The lowest BCUT2D eigenvalue weighted by molar-refractivity contribution is -0.690. The van der Waals surface area contributed by atoms with Crippen molar-refractivity contribution in [2.45, 2.75) is 25.2 Å². The van der Waals surface area contributed by atoms with Crippen molar-refractivity contribution in [1.82, 2.24) is 0 Å². The Balaban J connectivity index is 1.69. The third-order valence-electron chi connectivity index (χ3n) is 4.09. The maximum absolute atomic E-state index is 12.7. The largest absolute Gasteiger partial charge is 0.416 e. The Kier molecular flexibility index (Phi) is 4.59. The first-order valence-electron chi connectivity index (χ1n) is 7.77. The zero-order valence-electron chi connectivity index (χ0n) is 13.2. The van der Waals surface area contributed by atoms with Gasteiger partial charge in [-0.3, -0.25) is 9.59 Å². The molecule has 0 bridgehead atoms. The molecule has 7 heteroatoms. The number of carbonyl (C=O) groups excluding carboxylic acids is 2. The van der Waals surface area contributed by atoms with E-state index in [9.17, 15) is 22.8 Å². The molecule has 0 aliphatic carbocycles. The topological polar surface area (TPSA) is 54.0 Å². The molecule has 1 heterocycles. The lowest BCUT2D eigenvalue weighted by atomic mass is 10.1. The van der Waals surface area contributed by atoms with Crippen LogP contribution in [0.25, 0.3) is 0 Å². The SMILES string of the molecule is O=C1C[C@@H]([NH2+]Cc2cccc(C(F)(F)F)c2)C(=O)N1c1ccccc1. The smallest absolute Gasteiger partial charge is 0.332 e. The highest BCUT2D eigenvalue weighted by Gasteiger charge is 2.42. The fourth-order valence-corrected chi connectivity index (χ4v) is 2.84. The number of anilines is 1. The summed E-state index contributed by atoms with van der Waals surface area (Å²) in [6.07, 6.45) is -4.37. The number of rotatable bonds is 4. The molecule has 1 fully saturated rings. The van der Waals surface area contributed by atoms with Gasteiger partial charge in [0.2, 0.25) is 5.91 Å². The first kappa shape index (κ1) is 17.2. The van der Waals surface area contributed by atoms with Gasteiger partial charge in [0, 0.05) is 5.56 Å². The number of nitrogens with zero attached hydrogens (tertiary/aromatic N) is 1. The Bertz CT molecular complexity index is 790. The lowest BCUT2D eigenvalue weighted by Gasteiger charge is -2.14. The van der Waals surface area contributed by atoms with Gasteiger partial charge in [-0.25, -0.2) is 4.90 Å². The molecule has 3 rings (SSSR count). The summed E-state index contributed by atoms with van der Waals surface area (Å²) in [5.41, 5.74) is 0.235. The van der Waals surface area contributed by atoms with Gasteiger partial charge in [-0.2, -0.15) is 13.2 Å². The Morgan fingerprint density at radius 1 is 1.04 bits per heavy atom. The number of halogens is 3. The molecule has 0 spiro atoms. The van der Waals surface area contributed by atoms with Crippen LogP contribution >= 0.6 is 0 Å². The Morgan fingerprint density at radius 2 is 1.76 bits per heavy atom. The van der Waals surface area contributed by atoms with E-state index in [1.54, 1.807) is 41.7 Å². The number of nitrogens with two attached hydrogens (primary N) is 1. The molecular weight excluding hydrogens is 333 g/mol. The van der Waals surface area contributed by atoms with Crippen LogP contribution in [0, 0.1) is 0 Å². The minimum absolute atomic E-state index is 0.0344. The third-order valence-corrected chi connectivity index (χ3v) is 4.09. The predicted octanol–water partition coefficient (Wildman–Crippen LogP) is 2.10. The molecule has 0 aromatic heterocycles. The maximum Gasteiger partial charge on any atom is 0.416 e. The standard InChI is InChI=1S/C18H15F3N2O2/c19-18(20,21)13-6-4-5-12(9-13)11-22-15-10-16(24)23(17(15)25)14-7-2-1-3-8-14/h1-9,15,22H,10-11H2/p+1/t15-/m1/s1. The van der Waals surface area contributed by atoms with Gasteiger partial charge in [-0.05, 0) is 24.3 Å². The highest BCUT2D eigenvalue weighted by Crippen LogP contribution is 2.29. The molecule has 2 N–H and O–H groups in total. The number of alkyl halides is 3. The summed E-state index contributed by atoms with van der Waals surface area (Å²) in [5, 5.41) is 1.61. The van der Waals surface area contributed by atoms with E-state index in [2.05, 4.69) is 0 Å². The van der Waals surface area contributed by atoms with Crippen LogP contribution in [0.3, 0.4) is 0 Å². The molecule has 130 valence electrons. The number of carbonyl (C=O) groups is 2. The van der Waals surface area contributed by atoms with Gasteiger partial charge in [0.1, 0.15) is 6.54 Å². The van der Waals surface area contributed by atoms with Gasteiger partial charge in [0.05, 0.1) is 17.7 Å². The van der Waals surface area contributed by atoms with Crippen LogP contribution in [-0.4, -0.2) is 17.9 Å². The zero-order chi connectivity index (χ0) is 18.0. The van der Waals surface area contributed by atoms with E-state index in [0.29, 0.717) is 11.3 Å². The van der Waals surface area contributed by atoms with Crippen molar-refractivity contribution in [3.63, 3.8) is 0 Å². The fourth-order valence-electron chi connectivity index (χ4n) is 2.84. The minimum atomic E-state index is -4.40. The number of quaternary nitrogens is 1. The average molecular weight is 349 g/mol. The summed E-state index contributed by atoms with van der Waals surface area (Å²) >= 11 is 0. The first-order chi connectivity index (χ1) is 11.9. The van der Waals surface area contributed by atoms with Gasteiger partial charge < -0.3 is 5.32 Å². The third kappa shape index (κ3) is 3.71. The summed E-state index contributed by atoms with van der Waals surface area (Å²) in [6.45, 7) is 0.191. The fraction of sp³-hybridized carbons (Fsp3) is 0.222. The summed E-state index contributed by atoms with van der Waals surface area (Å²) < 4.78 is 38.2. The van der Waals surface area contributed by atoms with E-state index in [4.69, 9.17) is 0 Å². The summed E-state index contributed by atoms with van der Waals surface area (Å²) in [7, 11) is 0. The van der Waals surface area contributed by atoms with Crippen molar-refractivity contribution in [3.8, 4) is 0 Å². The molecule has 1 atom stereocenters. The molecule has 2 aromatic rings. The Labute approximate surface area is 142 Å². The number of imide groups is 1. The second kappa shape index (κ2) is 6.68. The molecule has 1 aliphatic rings. The number of benzene rings is 2. The van der Waals surface area contributed by atoms with Gasteiger partial charge in [0.25, 0.3) is 5.91 Å². The molecule has 2 amide bonds. The van der Waals surface area contributed by atoms with E-state index >= 15 is 0 Å². The van der Waals surface area contributed by atoms with Crippen LogP contribution in [0.2, 0.25) is 0 Å². The van der Waals surface area contributed by atoms with Gasteiger partial charge in [0.15, 0.2) is 6.04 Å². The number of hydrogen-bond donors (Lipinski definition) is 1. The van der Waals surface area contributed by atoms with Crippen LogP contribution in [0.5, 0.6) is 0 Å². The highest BCUT2D eigenvalue weighted by atomic mass is 19.4. The summed E-state index contributed by atoms with van der Waals surface area (Å²) in [5.74, 6) is -0.648. The zero-order valence-corrected chi connectivity index (χ0v) is 13.2. The molecule has 1 saturated heterocycles. The first-order valence-corrected chi connectivity index (χ1v) is 7.77. The van der Waals surface area contributed by atoms with Crippen molar-refractivity contribution in [1.29, 1.82) is 0 Å². The van der Waals surface area contributed by atoms with Crippen molar-refractivity contribution in [2.75, 3.05) is 4.90 Å². The van der Waals surface area contributed by atoms with E-state index in [-0.39, 0.29) is 24.8 Å². The van der Waals surface area contributed by atoms with Crippen molar-refractivity contribution in [3.05, 3.63) is 65.7 Å². The second-order valence-electron chi connectivity index (χ2n) is 5.85. The molecule has 1 aliphatic heterocycles. The van der Waals surface area contributed by atoms with E-state index in [1.807, 2.05) is 0 Å². The van der Waals surface area contributed by atoms with Crippen LogP contribution in [0.1, 0.15) is 17.5 Å². The second-order valence-corrected chi connectivity index (χ2v) is 5.85. The van der Waals surface area contributed by atoms with Gasteiger partial charge >= 0.3 is 6.18 Å². The van der Waals surface area contributed by atoms with E-state index in [1.165, 1.54) is 6.07 Å². The van der Waals surface area contributed by atoms with Crippen LogP contribution in [0.4, 0.5) is 18.9 Å². The normalized spacial score (nSPS) is 18.0. The lowest BCUT2D eigenvalue weighted by Crippen LogP contribution is -2.90. The molecule has 4 nitrogen and oxygen atoms in total. The average Bonchev–Trinajstić information content (AvgIpc) is 2.87. The molecule has 0 radical (unpaired) electrons. The van der Waals surface area contributed by atoms with Crippen LogP contribution in [-0.2, 0) is 22.3 Å². The molecule has 0 unspecified atom stereocenters. The number of para-hydroxylation sites is 1. The summed E-state index contributed by atoms with van der Waals surface area (Å²) in [6, 6.07) is 12.9. The molecule has 2 aromatic carbocycles. The number of hydrogen-bond acceptors (Lipinski definition) is 2. The predicted molar refractivity (Wildman–Crippen MR) is 84.4 cm³/mol. The van der Waals surface area contributed by atoms with Crippen molar-refractivity contribution >= 4 is 17.5 Å². The maximum atomic E-state index is 12.7. The summed E-state index contributed by atoms with van der Waals surface area (Å²) in [4.78, 5) is 25.7. The minimum Gasteiger partial charge on any atom is -0.332 e. The van der Waals surface area contributed by atoms with Gasteiger partial charge in [-0.1, -0.05) is 30.3 Å². The van der Waals surface area contributed by atoms with Crippen molar-refractivity contribution in [2.24, 2.45) is 0 Å². The number of amides is 2. The van der Waals surface area contributed by atoms with Crippen molar-refractivity contribution < 1.29 is 28.1 Å². The molecule has 0 saturated carbocycles. The Hall–Kier alpha value is -2.67. The van der Waals surface area contributed by atoms with Crippen LogP contribution < -0.4 is 10.2 Å². The molecule has 25 heavy (non-hydrogen) atoms.